The standard InChI is InChI=1S/C18H33N3/c1-6-8-15-16(14-9-10-19-21-13(14)5)11-18(12(3)4)20-17(15)7-2/h7,11-17,19-21H,2,6,8-10H2,1,3-5H3/t13?,14?,15?,16?,17-/m0/s1. The van der Waals surface area contributed by atoms with E-state index in [1.807, 2.05) is 0 Å². The SMILES string of the molecule is C=C[C@@H]1NC(C(C)C)=CC(C2CCNNC2C)C1CCC. The third-order valence-electron chi connectivity index (χ3n) is 5.23. The first-order valence-electron chi connectivity index (χ1n) is 8.67. The van der Waals surface area contributed by atoms with Crippen molar-refractivity contribution in [2.45, 2.75) is 59.0 Å². The van der Waals surface area contributed by atoms with Crippen LogP contribution >= 0.6 is 0 Å². The molecule has 5 atom stereocenters. The first-order chi connectivity index (χ1) is 10.1. The fraction of sp³-hybridized carbons (Fsp3) is 0.778. The van der Waals surface area contributed by atoms with Crippen LogP contribution in [0.25, 0.3) is 0 Å². The average Bonchev–Trinajstić information content (AvgIpc) is 2.48. The molecule has 2 aliphatic heterocycles. The van der Waals surface area contributed by atoms with E-state index < -0.39 is 0 Å². The van der Waals surface area contributed by atoms with Crippen molar-refractivity contribution in [1.29, 1.82) is 0 Å². The Morgan fingerprint density at radius 1 is 1.43 bits per heavy atom. The summed E-state index contributed by atoms with van der Waals surface area (Å²) in [5.41, 5.74) is 8.15. The van der Waals surface area contributed by atoms with Crippen LogP contribution < -0.4 is 16.2 Å². The Kier molecular flexibility index (Phi) is 5.88. The lowest BCUT2D eigenvalue weighted by atomic mass is 9.69. The Morgan fingerprint density at radius 2 is 2.19 bits per heavy atom. The van der Waals surface area contributed by atoms with Crippen LogP contribution in [0.5, 0.6) is 0 Å². The van der Waals surface area contributed by atoms with Gasteiger partial charge in [-0.15, -0.1) is 6.58 Å². The average molecular weight is 291 g/mol. The summed E-state index contributed by atoms with van der Waals surface area (Å²) in [5, 5.41) is 3.73. The van der Waals surface area contributed by atoms with Gasteiger partial charge in [0.2, 0.25) is 0 Å². The lowest BCUT2D eigenvalue weighted by molar-refractivity contribution is 0.139. The molecule has 2 aliphatic rings. The van der Waals surface area contributed by atoms with E-state index in [9.17, 15) is 0 Å². The molecule has 3 nitrogen and oxygen atoms in total. The fourth-order valence-electron chi connectivity index (χ4n) is 4.01. The van der Waals surface area contributed by atoms with Gasteiger partial charge in [-0.3, -0.25) is 10.9 Å². The Balaban J connectivity index is 2.29. The highest BCUT2D eigenvalue weighted by molar-refractivity contribution is 5.18. The molecule has 0 amide bonds. The monoisotopic (exact) mass is 291 g/mol. The highest BCUT2D eigenvalue weighted by Gasteiger charge is 2.38. The van der Waals surface area contributed by atoms with Gasteiger partial charge in [-0.1, -0.05) is 39.3 Å². The molecule has 3 N–H and O–H groups in total. The van der Waals surface area contributed by atoms with E-state index in [4.69, 9.17) is 0 Å². The van der Waals surface area contributed by atoms with Gasteiger partial charge in [-0.2, -0.15) is 0 Å². The molecule has 0 aromatic rings. The summed E-state index contributed by atoms with van der Waals surface area (Å²) in [6.07, 6.45) is 8.43. The number of hydrogen-bond acceptors (Lipinski definition) is 3. The van der Waals surface area contributed by atoms with Gasteiger partial charge in [0.25, 0.3) is 0 Å². The van der Waals surface area contributed by atoms with Gasteiger partial charge in [-0.05, 0) is 43.4 Å². The minimum atomic E-state index is 0.416. The van der Waals surface area contributed by atoms with Crippen LogP contribution in [0.15, 0.2) is 24.4 Å². The summed E-state index contributed by atoms with van der Waals surface area (Å²) >= 11 is 0. The number of allylic oxidation sites excluding steroid dienone is 2. The van der Waals surface area contributed by atoms with Crippen LogP contribution in [-0.4, -0.2) is 18.6 Å². The van der Waals surface area contributed by atoms with Gasteiger partial charge in [0.15, 0.2) is 0 Å². The quantitative estimate of drug-likeness (QED) is 0.681. The maximum atomic E-state index is 4.09. The van der Waals surface area contributed by atoms with Crippen molar-refractivity contribution >= 4 is 0 Å². The van der Waals surface area contributed by atoms with Gasteiger partial charge < -0.3 is 5.32 Å². The van der Waals surface area contributed by atoms with E-state index in [1.165, 1.54) is 25.0 Å². The van der Waals surface area contributed by atoms with Gasteiger partial charge >= 0.3 is 0 Å². The molecule has 1 saturated heterocycles. The highest BCUT2D eigenvalue weighted by Crippen LogP contribution is 2.38. The van der Waals surface area contributed by atoms with Crippen LogP contribution in [0.1, 0.15) is 47.0 Å². The number of hydrazine groups is 1. The van der Waals surface area contributed by atoms with E-state index in [2.05, 4.69) is 62.6 Å². The van der Waals surface area contributed by atoms with E-state index >= 15 is 0 Å². The molecule has 0 spiro atoms. The van der Waals surface area contributed by atoms with Crippen molar-refractivity contribution in [3.63, 3.8) is 0 Å². The van der Waals surface area contributed by atoms with Crippen molar-refractivity contribution in [3.05, 3.63) is 24.4 Å². The number of nitrogens with one attached hydrogen (secondary N) is 3. The molecule has 21 heavy (non-hydrogen) atoms. The summed E-state index contributed by atoms with van der Waals surface area (Å²) in [6.45, 7) is 14.3. The minimum Gasteiger partial charge on any atom is -0.382 e. The highest BCUT2D eigenvalue weighted by atomic mass is 15.4. The lowest BCUT2D eigenvalue weighted by Gasteiger charge is -2.45. The molecule has 0 bridgehead atoms. The second-order valence-electron chi connectivity index (χ2n) is 7.02. The minimum absolute atomic E-state index is 0.416. The first-order valence-corrected chi connectivity index (χ1v) is 8.67. The van der Waals surface area contributed by atoms with Gasteiger partial charge in [0.1, 0.15) is 0 Å². The van der Waals surface area contributed by atoms with Crippen molar-refractivity contribution in [3.8, 4) is 0 Å². The van der Waals surface area contributed by atoms with Crippen LogP contribution in [-0.2, 0) is 0 Å². The van der Waals surface area contributed by atoms with Crippen molar-refractivity contribution in [1.82, 2.24) is 16.2 Å². The molecule has 0 aromatic carbocycles. The summed E-state index contributed by atoms with van der Waals surface area (Å²) in [7, 11) is 0. The van der Waals surface area contributed by atoms with Crippen LogP contribution in [0.2, 0.25) is 0 Å². The fourth-order valence-corrected chi connectivity index (χ4v) is 4.01. The van der Waals surface area contributed by atoms with Crippen molar-refractivity contribution < 1.29 is 0 Å². The number of rotatable bonds is 5. The summed E-state index contributed by atoms with van der Waals surface area (Å²) < 4.78 is 0. The second-order valence-corrected chi connectivity index (χ2v) is 7.02. The molecular weight excluding hydrogens is 258 g/mol. The predicted octanol–water partition coefficient (Wildman–Crippen LogP) is 3.22. The molecule has 0 saturated carbocycles. The zero-order valence-electron chi connectivity index (χ0n) is 14.2. The Bertz CT molecular complexity index is 375. The smallest absolute Gasteiger partial charge is 0.0472 e. The molecule has 0 radical (unpaired) electrons. The van der Waals surface area contributed by atoms with Crippen molar-refractivity contribution in [2.75, 3.05) is 6.54 Å². The largest absolute Gasteiger partial charge is 0.382 e. The summed E-state index contributed by atoms with van der Waals surface area (Å²) in [5.74, 6) is 2.59. The Hall–Kier alpha value is -0.800. The maximum Gasteiger partial charge on any atom is 0.0472 e. The summed E-state index contributed by atoms with van der Waals surface area (Å²) in [4.78, 5) is 0. The first kappa shape index (κ1) is 16.6. The van der Waals surface area contributed by atoms with Gasteiger partial charge in [0.05, 0.1) is 0 Å². The zero-order chi connectivity index (χ0) is 15.4. The van der Waals surface area contributed by atoms with Crippen molar-refractivity contribution in [2.24, 2.45) is 23.7 Å². The molecule has 2 heterocycles. The molecule has 2 rings (SSSR count). The van der Waals surface area contributed by atoms with Crippen LogP contribution in [0.4, 0.5) is 0 Å². The number of hydrogen-bond donors (Lipinski definition) is 3. The lowest BCUT2D eigenvalue weighted by Crippen LogP contribution is -2.55. The van der Waals surface area contributed by atoms with Crippen LogP contribution in [0.3, 0.4) is 0 Å². The third kappa shape index (κ3) is 3.70. The normalized spacial score (nSPS) is 37.0. The Morgan fingerprint density at radius 3 is 2.76 bits per heavy atom. The van der Waals surface area contributed by atoms with E-state index in [1.54, 1.807) is 0 Å². The van der Waals surface area contributed by atoms with E-state index in [0.717, 1.165) is 6.54 Å². The maximum absolute atomic E-state index is 4.09. The molecule has 1 fully saturated rings. The predicted molar refractivity (Wildman–Crippen MR) is 90.6 cm³/mol. The van der Waals surface area contributed by atoms with E-state index in [0.29, 0.717) is 35.8 Å². The Labute approximate surface area is 130 Å². The molecular formula is C18H33N3. The second kappa shape index (κ2) is 7.46. The topological polar surface area (TPSA) is 36.1 Å². The molecule has 0 aromatic heterocycles. The zero-order valence-corrected chi connectivity index (χ0v) is 14.2. The van der Waals surface area contributed by atoms with Gasteiger partial charge in [0, 0.05) is 24.3 Å². The third-order valence-corrected chi connectivity index (χ3v) is 5.23. The van der Waals surface area contributed by atoms with E-state index in [-0.39, 0.29) is 0 Å². The molecule has 4 unspecified atom stereocenters. The molecule has 120 valence electrons. The molecule has 3 heteroatoms. The molecule has 0 aliphatic carbocycles. The van der Waals surface area contributed by atoms with Gasteiger partial charge in [-0.25, -0.2) is 0 Å². The summed E-state index contributed by atoms with van der Waals surface area (Å²) in [6, 6.07) is 0.941. The van der Waals surface area contributed by atoms with Crippen LogP contribution in [0, 0.1) is 23.7 Å².